The molecule has 2 fully saturated rings. The summed E-state index contributed by atoms with van der Waals surface area (Å²) in [7, 11) is 0. The average molecular weight is 303 g/mol. The van der Waals surface area contributed by atoms with Crippen molar-refractivity contribution in [1.29, 1.82) is 0 Å². The minimum Gasteiger partial charge on any atom is -0.368 e. The van der Waals surface area contributed by atoms with E-state index in [1.807, 2.05) is 11.8 Å². The maximum absolute atomic E-state index is 12.4. The Labute approximate surface area is 129 Å². The van der Waals surface area contributed by atoms with Gasteiger partial charge in [0.25, 0.3) is 5.69 Å². The van der Waals surface area contributed by atoms with Crippen molar-refractivity contribution in [1.82, 2.24) is 4.90 Å². The molecule has 1 aromatic rings. The van der Waals surface area contributed by atoms with Gasteiger partial charge in [-0.05, 0) is 30.9 Å². The standard InChI is InChI=1S/C16H21N3O3/c1-12(13-2-3-13)16(20)18-10-8-17(9-11-18)14-4-6-15(7-5-14)19(21)22/h4-7,12-13H,2-3,8-11H2,1H3. The van der Waals surface area contributed by atoms with Crippen LogP contribution in [0.2, 0.25) is 0 Å². The van der Waals surface area contributed by atoms with Gasteiger partial charge < -0.3 is 9.80 Å². The third kappa shape index (κ3) is 3.05. The first-order valence-electron chi connectivity index (χ1n) is 7.84. The van der Waals surface area contributed by atoms with Gasteiger partial charge in [-0.15, -0.1) is 0 Å². The predicted molar refractivity (Wildman–Crippen MR) is 83.8 cm³/mol. The highest BCUT2D eigenvalue weighted by Crippen LogP contribution is 2.37. The first-order chi connectivity index (χ1) is 10.6. The Morgan fingerprint density at radius 2 is 1.77 bits per heavy atom. The van der Waals surface area contributed by atoms with Gasteiger partial charge in [-0.3, -0.25) is 14.9 Å². The number of non-ortho nitro benzene ring substituents is 1. The normalized spacial score (nSPS) is 19.9. The number of nitro benzene ring substituents is 1. The molecule has 118 valence electrons. The van der Waals surface area contributed by atoms with E-state index in [2.05, 4.69) is 4.90 Å². The lowest BCUT2D eigenvalue weighted by Crippen LogP contribution is -2.50. The molecule has 0 radical (unpaired) electrons. The van der Waals surface area contributed by atoms with Crippen LogP contribution in [0.15, 0.2) is 24.3 Å². The summed E-state index contributed by atoms with van der Waals surface area (Å²) in [5.74, 6) is 1.04. The van der Waals surface area contributed by atoms with Gasteiger partial charge >= 0.3 is 0 Å². The SMILES string of the molecule is CC(C(=O)N1CCN(c2ccc([N+](=O)[O-])cc2)CC1)C1CC1. The summed E-state index contributed by atoms with van der Waals surface area (Å²) in [6, 6.07) is 6.62. The van der Waals surface area contributed by atoms with Crippen molar-refractivity contribution in [2.75, 3.05) is 31.1 Å². The molecule has 3 rings (SSSR count). The summed E-state index contributed by atoms with van der Waals surface area (Å²) in [5, 5.41) is 10.7. The van der Waals surface area contributed by atoms with Gasteiger partial charge in [0.1, 0.15) is 0 Å². The zero-order valence-corrected chi connectivity index (χ0v) is 12.8. The fourth-order valence-electron chi connectivity index (χ4n) is 3.06. The smallest absolute Gasteiger partial charge is 0.269 e. The lowest BCUT2D eigenvalue weighted by molar-refractivity contribution is -0.384. The number of piperazine rings is 1. The Bertz CT molecular complexity index is 561. The minimum atomic E-state index is -0.389. The topological polar surface area (TPSA) is 66.7 Å². The molecule has 1 amide bonds. The van der Waals surface area contributed by atoms with Gasteiger partial charge in [-0.1, -0.05) is 6.92 Å². The van der Waals surface area contributed by atoms with Crippen molar-refractivity contribution >= 4 is 17.3 Å². The third-order valence-electron chi connectivity index (χ3n) is 4.74. The van der Waals surface area contributed by atoms with Gasteiger partial charge in [0, 0.05) is 49.9 Å². The Morgan fingerprint density at radius 3 is 2.27 bits per heavy atom. The van der Waals surface area contributed by atoms with Crippen LogP contribution in [0.1, 0.15) is 19.8 Å². The summed E-state index contributed by atoms with van der Waals surface area (Å²) < 4.78 is 0. The second-order valence-corrected chi connectivity index (χ2v) is 6.21. The molecular weight excluding hydrogens is 282 g/mol. The van der Waals surface area contributed by atoms with Gasteiger partial charge in [0.05, 0.1) is 4.92 Å². The van der Waals surface area contributed by atoms with Crippen molar-refractivity contribution in [3.63, 3.8) is 0 Å². The van der Waals surface area contributed by atoms with E-state index in [4.69, 9.17) is 0 Å². The molecule has 1 aliphatic carbocycles. The number of benzene rings is 1. The molecule has 1 saturated carbocycles. The van der Waals surface area contributed by atoms with Crippen molar-refractivity contribution < 1.29 is 9.72 Å². The lowest BCUT2D eigenvalue weighted by Gasteiger charge is -2.37. The van der Waals surface area contributed by atoms with Gasteiger partial charge in [0.2, 0.25) is 5.91 Å². The second kappa shape index (κ2) is 5.94. The van der Waals surface area contributed by atoms with E-state index in [9.17, 15) is 14.9 Å². The molecule has 6 nitrogen and oxygen atoms in total. The maximum Gasteiger partial charge on any atom is 0.269 e. The summed E-state index contributed by atoms with van der Waals surface area (Å²) in [6.45, 7) is 5.06. The maximum atomic E-state index is 12.4. The quantitative estimate of drug-likeness (QED) is 0.632. The molecule has 0 N–H and O–H groups in total. The van der Waals surface area contributed by atoms with Crippen LogP contribution in [0, 0.1) is 22.0 Å². The number of hydrogen-bond acceptors (Lipinski definition) is 4. The lowest BCUT2D eigenvalue weighted by atomic mass is 10.0. The summed E-state index contributed by atoms with van der Waals surface area (Å²) in [5.41, 5.74) is 1.09. The summed E-state index contributed by atoms with van der Waals surface area (Å²) >= 11 is 0. The minimum absolute atomic E-state index is 0.107. The molecular formula is C16H21N3O3. The van der Waals surface area contributed by atoms with Crippen LogP contribution < -0.4 is 4.90 Å². The van der Waals surface area contributed by atoms with Crippen molar-refractivity contribution in [3.8, 4) is 0 Å². The van der Waals surface area contributed by atoms with Crippen LogP contribution in [-0.4, -0.2) is 41.9 Å². The molecule has 1 saturated heterocycles. The second-order valence-electron chi connectivity index (χ2n) is 6.21. The van der Waals surface area contributed by atoms with Crippen molar-refractivity contribution in [2.45, 2.75) is 19.8 Å². The molecule has 1 heterocycles. The van der Waals surface area contributed by atoms with Crippen LogP contribution in [0.5, 0.6) is 0 Å². The molecule has 1 atom stereocenters. The zero-order chi connectivity index (χ0) is 15.7. The third-order valence-corrected chi connectivity index (χ3v) is 4.74. The van der Waals surface area contributed by atoms with E-state index in [-0.39, 0.29) is 22.4 Å². The Balaban J connectivity index is 1.56. The molecule has 1 aliphatic heterocycles. The Morgan fingerprint density at radius 1 is 1.18 bits per heavy atom. The monoisotopic (exact) mass is 303 g/mol. The van der Waals surface area contributed by atoms with Crippen molar-refractivity contribution in [3.05, 3.63) is 34.4 Å². The van der Waals surface area contributed by atoms with Crippen LogP contribution in [0.25, 0.3) is 0 Å². The first-order valence-corrected chi connectivity index (χ1v) is 7.84. The highest BCUT2D eigenvalue weighted by Gasteiger charge is 2.35. The number of carbonyl (C=O) groups is 1. The molecule has 22 heavy (non-hydrogen) atoms. The van der Waals surface area contributed by atoms with E-state index in [1.54, 1.807) is 12.1 Å². The van der Waals surface area contributed by atoms with Gasteiger partial charge in [-0.2, -0.15) is 0 Å². The van der Waals surface area contributed by atoms with Crippen LogP contribution in [0.3, 0.4) is 0 Å². The van der Waals surface area contributed by atoms with Gasteiger partial charge in [0.15, 0.2) is 0 Å². The Hall–Kier alpha value is -2.11. The average Bonchev–Trinajstić information content (AvgIpc) is 3.38. The Kier molecular flexibility index (Phi) is 4.00. The molecule has 2 aliphatic rings. The number of hydrogen-bond donors (Lipinski definition) is 0. The van der Waals surface area contributed by atoms with E-state index < -0.39 is 0 Å². The molecule has 0 spiro atoms. The van der Waals surface area contributed by atoms with Crippen molar-refractivity contribution in [2.24, 2.45) is 11.8 Å². The molecule has 6 heteroatoms. The van der Waals surface area contributed by atoms with Crippen LogP contribution >= 0.6 is 0 Å². The first kappa shape index (κ1) is 14.8. The summed E-state index contributed by atoms with van der Waals surface area (Å²) in [4.78, 5) is 26.8. The number of nitrogens with zero attached hydrogens (tertiary/aromatic N) is 3. The van der Waals surface area contributed by atoms with E-state index >= 15 is 0 Å². The van der Waals surface area contributed by atoms with Crippen LogP contribution in [0.4, 0.5) is 11.4 Å². The molecule has 1 unspecified atom stereocenters. The highest BCUT2D eigenvalue weighted by molar-refractivity contribution is 5.79. The number of carbonyl (C=O) groups excluding carboxylic acids is 1. The van der Waals surface area contributed by atoms with Crippen LogP contribution in [-0.2, 0) is 4.79 Å². The predicted octanol–water partition coefficient (Wildman–Crippen LogP) is 2.29. The van der Waals surface area contributed by atoms with Gasteiger partial charge in [-0.25, -0.2) is 0 Å². The zero-order valence-electron chi connectivity index (χ0n) is 12.8. The highest BCUT2D eigenvalue weighted by atomic mass is 16.6. The fraction of sp³-hybridized carbons (Fsp3) is 0.562. The molecule has 0 bridgehead atoms. The van der Waals surface area contributed by atoms with E-state index in [1.165, 1.54) is 25.0 Å². The molecule has 1 aromatic carbocycles. The van der Waals surface area contributed by atoms with E-state index in [0.29, 0.717) is 5.92 Å². The largest absolute Gasteiger partial charge is 0.368 e. The number of anilines is 1. The number of amides is 1. The molecule has 0 aromatic heterocycles. The fourth-order valence-corrected chi connectivity index (χ4v) is 3.06. The van der Waals surface area contributed by atoms with E-state index in [0.717, 1.165) is 31.9 Å². The number of nitro groups is 1. The summed E-state index contributed by atoms with van der Waals surface area (Å²) in [6.07, 6.45) is 2.38. The number of rotatable bonds is 4.